The number of nitrogens with one attached hydrogen (secondary N) is 1. The summed E-state index contributed by atoms with van der Waals surface area (Å²) in [5.41, 5.74) is 0.146. The Labute approximate surface area is 97.8 Å². The van der Waals surface area contributed by atoms with Crippen LogP contribution >= 0.6 is 11.8 Å². The Morgan fingerprint density at radius 1 is 1.69 bits per heavy atom. The number of hydrogen-bond donors (Lipinski definition) is 1. The van der Waals surface area contributed by atoms with Crippen LogP contribution in [0.1, 0.15) is 16.8 Å². The van der Waals surface area contributed by atoms with Crippen LogP contribution in [0.3, 0.4) is 0 Å². The van der Waals surface area contributed by atoms with Gasteiger partial charge in [0.15, 0.2) is 11.6 Å². The highest BCUT2D eigenvalue weighted by Gasteiger charge is 2.19. The van der Waals surface area contributed by atoms with Gasteiger partial charge < -0.3 is 5.32 Å². The number of hydrogen-bond acceptors (Lipinski definition) is 4. The summed E-state index contributed by atoms with van der Waals surface area (Å²) in [4.78, 5) is 15.4. The molecule has 86 valence electrons. The van der Waals surface area contributed by atoms with Crippen molar-refractivity contribution in [2.45, 2.75) is 12.5 Å². The van der Waals surface area contributed by atoms with Gasteiger partial charge >= 0.3 is 0 Å². The Morgan fingerprint density at radius 2 is 2.56 bits per heavy atom. The molecule has 0 radical (unpaired) electrons. The van der Waals surface area contributed by atoms with Gasteiger partial charge in [-0.05, 0) is 6.07 Å². The van der Waals surface area contributed by atoms with E-state index in [1.54, 1.807) is 0 Å². The molecule has 16 heavy (non-hydrogen) atoms. The van der Waals surface area contributed by atoms with Gasteiger partial charge in [-0.25, -0.2) is 4.39 Å². The molecule has 0 bridgehead atoms. The van der Waals surface area contributed by atoms with Crippen molar-refractivity contribution >= 4 is 17.5 Å². The molecule has 1 saturated heterocycles. The predicted octanol–water partition coefficient (Wildman–Crippen LogP) is 1.50. The molecule has 1 unspecified atom stereocenters. The lowest BCUT2D eigenvalue weighted by molar-refractivity contribution is 0.0968. The Kier molecular flexibility index (Phi) is 3.90. The zero-order valence-corrected chi connectivity index (χ0v) is 9.60. The quantitative estimate of drug-likeness (QED) is 0.813. The fraction of sp³-hybridized carbons (Fsp3) is 0.455. The second kappa shape index (κ2) is 5.41. The minimum absolute atomic E-state index is 0.146. The molecular weight excluding hydrogens is 227 g/mol. The molecule has 1 aliphatic rings. The molecule has 1 aromatic heterocycles. The standard InChI is InChI=1S/C11H13FN2OS/c12-10-6-13-2-1-9(10)11(15)5-8-7-16-4-3-14-8/h1-2,6,8,14H,3-5,7H2. The number of rotatable bonds is 3. The molecular formula is C11H13FN2OS. The van der Waals surface area contributed by atoms with Gasteiger partial charge in [-0.15, -0.1) is 0 Å². The van der Waals surface area contributed by atoms with Crippen molar-refractivity contribution in [3.8, 4) is 0 Å². The van der Waals surface area contributed by atoms with Gasteiger partial charge in [0.2, 0.25) is 0 Å². The van der Waals surface area contributed by atoms with Crippen LogP contribution in [0.15, 0.2) is 18.5 Å². The zero-order chi connectivity index (χ0) is 11.4. The van der Waals surface area contributed by atoms with E-state index in [-0.39, 0.29) is 17.4 Å². The second-order valence-electron chi connectivity index (χ2n) is 3.71. The van der Waals surface area contributed by atoms with E-state index in [0.717, 1.165) is 24.2 Å². The van der Waals surface area contributed by atoms with Gasteiger partial charge in [0.25, 0.3) is 0 Å². The zero-order valence-electron chi connectivity index (χ0n) is 8.78. The van der Waals surface area contributed by atoms with E-state index in [9.17, 15) is 9.18 Å². The first-order valence-corrected chi connectivity index (χ1v) is 6.36. The monoisotopic (exact) mass is 240 g/mol. The highest BCUT2D eigenvalue weighted by molar-refractivity contribution is 7.99. The van der Waals surface area contributed by atoms with Crippen molar-refractivity contribution in [3.05, 3.63) is 29.8 Å². The van der Waals surface area contributed by atoms with Gasteiger partial charge in [-0.2, -0.15) is 11.8 Å². The fourth-order valence-electron chi connectivity index (χ4n) is 1.69. The Bertz CT molecular complexity index is 380. The molecule has 1 aromatic rings. The summed E-state index contributed by atoms with van der Waals surface area (Å²) in [6, 6.07) is 1.60. The maximum Gasteiger partial charge on any atom is 0.167 e. The van der Waals surface area contributed by atoms with Crippen molar-refractivity contribution in [3.63, 3.8) is 0 Å². The van der Waals surface area contributed by atoms with E-state index < -0.39 is 5.82 Å². The number of pyridine rings is 1. The van der Waals surface area contributed by atoms with Gasteiger partial charge in [0, 0.05) is 36.7 Å². The third-order valence-electron chi connectivity index (χ3n) is 2.50. The number of Topliss-reactive ketones (excluding diaryl/α,β-unsaturated/α-hetero) is 1. The molecule has 5 heteroatoms. The first-order valence-electron chi connectivity index (χ1n) is 5.21. The number of aromatic nitrogens is 1. The van der Waals surface area contributed by atoms with Crippen LogP contribution in [-0.4, -0.2) is 34.9 Å². The van der Waals surface area contributed by atoms with Crippen LogP contribution in [0.25, 0.3) is 0 Å². The van der Waals surface area contributed by atoms with Crippen LogP contribution in [0.2, 0.25) is 0 Å². The largest absolute Gasteiger partial charge is 0.312 e. The maximum atomic E-state index is 13.3. The normalized spacial score (nSPS) is 20.7. The van der Waals surface area contributed by atoms with Gasteiger partial charge in [-0.3, -0.25) is 9.78 Å². The van der Waals surface area contributed by atoms with Crippen LogP contribution in [0.4, 0.5) is 4.39 Å². The van der Waals surface area contributed by atoms with Gasteiger partial charge in [0.1, 0.15) is 0 Å². The second-order valence-corrected chi connectivity index (χ2v) is 4.86. The number of carbonyl (C=O) groups excluding carboxylic acids is 1. The number of ketones is 1. The maximum absolute atomic E-state index is 13.3. The smallest absolute Gasteiger partial charge is 0.167 e. The summed E-state index contributed by atoms with van der Waals surface area (Å²) in [6.07, 6.45) is 2.88. The SMILES string of the molecule is O=C(CC1CSCCN1)c1ccncc1F. The molecule has 0 saturated carbocycles. The lowest BCUT2D eigenvalue weighted by Crippen LogP contribution is -2.39. The number of carbonyl (C=O) groups is 1. The molecule has 2 heterocycles. The summed E-state index contributed by atoms with van der Waals surface area (Å²) < 4.78 is 13.3. The highest BCUT2D eigenvalue weighted by atomic mass is 32.2. The molecule has 2 rings (SSSR count). The van der Waals surface area contributed by atoms with E-state index in [1.807, 2.05) is 11.8 Å². The van der Waals surface area contributed by atoms with Crippen molar-refractivity contribution in [1.82, 2.24) is 10.3 Å². The molecule has 1 aliphatic heterocycles. The Morgan fingerprint density at radius 3 is 3.25 bits per heavy atom. The Balaban J connectivity index is 2.00. The predicted molar refractivity (Wildman–Crippen MR) is 62.3 cm³/mol. The highest BCUT2D eigenvalue weighted by Crippen LogP contribution is 2.14. The molecule has 0 aliphatic carbocycles. The van der Waals surface area contributed by atoms with Crippen molar-refractivity contribution < 1.29 is 9.18 Å². The molecule has 1 N–H and O–H groups in total. The van der Waals surface area contributed by atoms with E-state index in [1.165, 1.54) is 12.3 Å². The summed E-state index contributed by atoms with van der Waals surface area (Å²) in [5.74, 6) is 1.31. The number of thioether (sulfide) groups is 1. The number of halogens is 1. The third kappa shape index (κ3) is 2.80. The minimum Gasteiger partial charge on any atom is -0.312 e. The Hall–Kier alpha value is -0.940. The molecule has 1 fully saturated rings. The van der Waals surface area contributed by atoms with Crippen molar-refractivity contribution in [1.29, 1.82) is 0 Å². The molecule has 0 aromatic carbocycles. The number of nitrogens with zero attached hydrogens (tertiary/aromatic N) is 1. The van der Waals surface area contributed by atoms with Crippen LogP contribution in [0, 0.1) is 5.82 Å². The van der Waals surface area contributed by atoms with Crippen molar-refractivity contribution in [2.24, 2.45) is 0 Å². The summed E-state index contributed by atoms with van der Waals surface area (Å²) in [5, 5.41) is 3.26. The lowest BCUT2D eigenvalue weighted by atomic mass is 10.1. The van der Waals surface area contributed by atoms with Gasteiger partial charge in [0.05, 0.1) is 11.8 Å². The first kappa shape index (κ1) is 11.5. The summed E-state index contributed by atoms with van der Waals surface area (Å²) >= 11 is 1.82. The lowest BCUT2D eigenvalue weighted by Gasteiger charge is -2.22. The first-order chi connectivity index (χ1) is 7.77. The summed E-state index contributed by atoms with van der Waals surface area (Å²) in [6.45, 7) is 0.918. The molecule has 0 spiro atoms. The minimum atomic E-state index is -0.532. The average Bonchev–Trinajstić information content (AvgIpc) is 2.31. The van der Waals surface area contributed by atoms with E-state index >= 15 is 0 Å². The van der Waals surface area contributed by atoms with Gasteiger partial charge in [-0.1, -0.05) is 0 Å². The van der Waals surface area contributed by atoms with E-state index in [4.69, 9.17) is 0 Å². The van der Waals surface area contributed by atoms with E-state index in [2.05, 4.69) is 10.3 Å². The molecule has 0 amide bonds. The fourth-order valence-corrected chi connectivity index (χ4v) is 2.63. The van der Waals surface area contributed by atoms with Crippen LogP contribution in [0.5, 0.6) is 0 Å². The molecule has 3 nitrogen and oxygen atoms in total. The van der Waals surface area contributed by atoms with Crippen LogP contribution < -0.4 is 5.32 Å². The van der Waals surface area contributed by atoms with Crippen LogP contribution in [-0.2, 0) is 0 Å². The topological polar surface area (TPSA) is 42.0 Å². The van der Waals surface area contributed by atoms with E-state index in [0.29, 0.717) is 6.42 Å². The average molecular weight is 240 g/mol. The molecule has 1 atom stereocenters. The summed E-state index contributed by atoms with van der Waals surface area (Å²) in [7, 11) is 0. The third-order valence-corrected chi connectivity index (χ3v) is 3.63. The van der Waals surface area contributed by atoms with Crippen molar-refractivity contribution in [2.75, 3.05) is 18.1 Å².